The number of hydrogen-bond donors (Lipinski definition) is 2. The fraction of sp³-hybridized carbons (Fsp3) is 0.923. The van der Waals surface area contributed by atoms with Crippen LogP contribution in [-0.2, 0) is 4.79 Å². The van der Waals surface area contributed by atoms with Crippen molar-refractivity contribution < 1.29 is 4.79 Å². The molecule has 2 fully saturated rings. The summed E-state index contributed by atoms with van der Waals surface area (Å²) in [5, 5.41) is 6.36. The third-order valence-electron chi connectivity index (χ3n) is 3.99. The Balaban J connectivity index is 1.58. The second-order valence-electron chi connectivity index (χ2n) is 5.48. The van der Waals surface area contributed by atoms with Crippen molar-refractivity contribution in [2.75, 3.05) is 59.4 Å². The van der Waals surface area contributed by atoms with Gasteiger partial charge in [0, 0.05) is 45.8 Å². The van der Waals surface area contributed by atoms with Gasteiger partial charge < -0.3 is 15.5 Å². The van der Waals surface area contributed by atoms with Crippen molar-refractivity contribution in [2.24, 2.45) is 5.92 Å². The number of rotatable bonds is 4. The van der Waals surface area contributed by atoms with Gasteiger partial charge in [0.2, 0.25) is 5.91 Å². The number of carbonyl (C=O) groups excluding carboxylic acids is 1. The van der Waals surface area contributed by atoms with Crippen LogP contribution in [0.2, 0.25) is 0 Å². The fourth-order valence-electron chi connectivity index (χ4n) is 2.63. The minimum atomic E-state index is 0.186. The van der Waals surface area contributed by atoms with Gasteiger partial charge in [-0.1, -0.05) is 0 Å². The highest BCUT2D eigenvalue weighted by Crippen LogP contribution is 2.09. The van der Waals surface area contributed by atoms with E-state index < -0.39 is 0 Å². The number of nitrogens with zero attached hydrogens (tertiary/aromatic N) is 2. The molecule has 1 atom stereocenters. The lowest BCUT2D eigenvalue weighted by atomic mass is 9.99. The van der Waals surface area contributed by atoms with Gasteiger partial charge in [-0.15, -0.1) is 0 Å². The van der Waals surface area contributed by atoms with Crippen molar-refractivity contribution in [3.63, 3.8) is 0 Å². The van der Waals surface area contributed by atoms with Crippen molar-refractivity contribution >= 4 is 5.91 Å². The Morgan fingerprint density at radius 2 is 2.11 bits per heavy atom. The lowest BCUT2D eigenvalue weighted by molar-refractivity contribution is -0.125. The van der Waals surface area contributed by atoms with E-state index in [2.05, 4.69) is 27.5 Å². The van der Waals surface area contributed by atoms with E-state index in [4.69, 9.17) is 0 Å². The van der Waals surface area contributed by atoms with E-state index in [1.807, 2.05) is 0 Å². The number of hydrogen-bond acceptors (Lipinski definition) is 4. The Hall–Kier alpha value is -0.650. The van der Waals surface area contributed by atoms with Crippen LogP contribution in [0.1, 0.15) is 12.8 Å². The van der Waals surface area contributed by atoms with Crippen LogP contribution < -0.4 is 10.6 Å². The number of likely N-dealkylation sites (N-methyl/N-ethyl adjacent to an activating group) is 1. The molecule has 0 aromatic carbocycles. The van der Waals surface area contributed by atoms with Crippen LogP contribution in [0.5, 0.6) is 0 Å². The SMILES string of the molecule is CN1CCN(CCNC(=O)[C@H]2CCCNC2)CC1. The maximum Gasteiger partial charge on any atom is 0.224 e. The fourth-order valence-corrected chi connectivity index (χ4v) is 2.63. The summed E-state index contributed by atoms with van der Waals surface area (Å²) in [5.41, 5.74) is 0. The van der Waals surface area contributed by atoms with Gasteiger partial charge in [-0.05, 0) is 26.4 Å². The van der Waals surface area contributed by atoms with Gasteiger partial charge in [0.05, 0.1) is 5.92 Å². The number of amides is 1. The Morgan fingerprint density at radius 1 is 1.33 bits per heavy atom. The summed E-state index contributed by atoms with van der Waals surface area (Å²) < 4.78 is 0. The number of piperazine rings is 1. The van der Waals surface area contributed by atoms with Gasteiger partial charge in [-0.25, -0.2) is 0 Å². The Morgan fingerprint density at radius 3 is 2.78 bits per heavy atom. The van der Waals surface area contributed by atoms with Crippen molar-refractivity contribution in [2.45, 2.75) is 12.8 Å². The van der Waals surface area contributed by atoms with E-state index >= 15 is 0 Å². The molecule has 2 N–H and O–H groups in total. The second-order valence-corrected chi connectivity index (χ2v) is 5.48. The smallest absolute Gasteiger partial charge is 0.224 e. The van der Waals surface area contributed by atoms with Crippen LogP contribution >= 0.6 is 0 Å². The van der Waals surface area contributed by atoms with Gasteiger partial charge in [-0.3, -0.25) is 9.69 Å². The predicted octanol–water partition coefficient (Wildman–Crippen LogP) is -0.650. The highest BCUT2D eigenvalue weighted by molar-refractivity contribution is 5.78. The summed E-state index contributed by atoms with van der Waals surface area (Å²) in [6.45, 7) is 8.21. The first kappa shape index (κ1) is 13.8. The van der Waals surface area contributed by atoms with Crippen molar-refractivity contribution in [1.82, 2.24) is 20.4 Å². The normalized spacial score (nSPS) is 27.1. The first-order valence-corrected chi connectivity index (χ1v) is 7.15. The third kappa shape index (κ3) is 4.23. The number of carbonyl (C=O) groups is 1. The molecule has 0 saturated carbocycles. The zero-order valence-electron chi connectivity index (χ0n) is 11.5. The minimum absolute atomic E-state index is 0.186. The summed E-state index contributed by atoms with van der Waals surface area (Å²) in [6, 6.07) is 0. The molecule has 0 bridgehead atoms. The summed E-state index contributed by atoms with van der Waals surface area (Å²) in [5.74, 6) is 0.419. The monoisotopic (exact) mass is 254 g/mol. The molecule has 0 radical (unpaired) electrons. The van der Waals surface area contributed by atoms with E-state index in [1.165, 1.54) is 0 Å². The highest BCUT2D eigenvalue weighted by Gasteiger charge is 2.20. The predicted molar refractivity (Wildman–Crippen MR) is 72.5 cm³/mol. The van der Waals surface area contributed by atoms with Gasteiger partial charge >= 0.3 is 0 Å². The van der Waals surface area contributed by atoms with Crippen molar-refractivity contribution in [3.8, 4) is 0 Å². The molecule has 5 nitrogen and oxygen atoms in total. The molecule has 0 aromatic rings. The molecule has 0 unspecified atom stereocenters. The molecule has 2 aliphatic rings. The number of nitrogens with one attached hydrogen (secondary N) is 2. The first-order valence-electron chi connectivity index (χ1n) is 7.15. The Kier molecular flexibility index (Phi) is 5.41. The van der Waals surface area contributed by atoms with Gasteiger partial charge in [-0.2, -0.15) is 0 Å². The van der Waals surface area contributed by atoms with Crippen LogP contribution in [-0.4, -0.2) is 75.1 Å². The van der Waals surface area contributed by atoms with E-state index in [9.17, 15) is 4.79 Å². The molecular formula is C13H26N4O. The molecule has 0 spiro atoms. The molecule has 18 heavy (non-hydrogen) atoms. The van der Waals surface area contributed by atoms with Gasteiger partial charge in [0.25, 0.3) is 0 Å². The van der Waals surface area contributed by atoms with E-state index in [1.54, 1.807) is 0 Å². The zero-order chi connectivity index (χ0) is 12.8. The zero-order valence-corrected chi connectivity index (χ0v) is 11.5. The van der Waals surface area contributed by atoms with E-state index in [0.717, 1.165) is 65.2 Å². The lowest BCUT2D eigenvalue weighted by Crippen LogP contribution is -2.48. The summed E-state index contributed by atoms with van der Waals surface area (Å²) in [7, 11) is 2.16. The average molecular weight is 254 g/mol. The van der Waals surface area contributed by atoms with E-state index in [-0.39, 0.29) is 11.8 Å². The standard InChI is InChI=1S/C13H26N4O/c1-16-7-9-17(10-8-16)6-5-15-13(18)12-3-2-4-14-11-12/h12,14H,2-11H2,1H3,(H,15,18)/t12-/m0/s1. The molecular weight excluding hydrogens is 228 g/mol. The molecule has 2 rings (SSSR count). The molecule has 2 aliphatic heterocycles. The molecule has 0 aliphatic carbocycles. The average Bonchev–Trinajstić information content (AvgIpc) is 2.42. The molecule has 2 saturated heterocycles. The molecule has 2 heterocycles. The second kappa shape index (κ2) is 7.07. The molecule has 0 aromatic heterocycles. The third-order valence-corrected chi connectivity index (χ3v) is 3.99. The first-order chi connectivity index (χ1) is 8.75. The maximum atomic E-state index is 11.9. The Labute approximate surface area is 110 Å². The van der Waals surface area contributed by atoms with Crippen LogP contribution in [0.3, 0.4) is 0 Å². The minimum Gasteiger partial charge on any atom is -0.355 e. The summed E-state index contributed by atoms with van der Waals surface area (Å²) in [6.07, 6.45) is 2.16. The van der Waals surface area contributed by atoms with E-state index in [0.29, 0.717) is 0 Å². The highest BCUT2D eigenvalue weighted by atomic mass is 16.1. The van der Waals surface area contributed by atoms with Crippen molar-refractivity contribution in [1.29, 1.82) is 0 Å². The van der Waals surface area contributed by atoms with Crippen LogP contribution in [0, 0.1) is 5.92 Å². The number of piperidine rings is 1. The summed E-state index contributed by atoms with van der Waals surface area (Å²) in [4.78, 5) is 16.7. The topological polar surface area (TPSA) is 47.6 Å². The Bertz CT molecular complexity index is 258. The van der Waals surface area contributed by atoms with Gasteiger partial charge in [0.1, 0.15) is 0 Å². The largest absolute Gasteiger partial charge is 0.355 e. The lowest BCUT2D eigenvalue weighted by Gasteiger charge is -2.32. The molecule has 1 amide bonds. The van der Waals surface area contributed by atoms with Gasteiger partial charge in [0.15, 0.2) is 0 Å². The van der Waals surface area contributed by atoms with Crippen molar-refractivity contribution in [3.05, 3.63) is 0 Å². The van der Waals surface area contributed by atoms with Crippen LogP contribution in [0.25, 0.3) is 0 Å². The molecule has 104 valence electrons. The summed E-state index contributed by atoms with van der Waals surface area (Å²) >= 11 is 0. The maximum absolute atomic E-state index is 11.9. The molecule has 5 heteroatoms. The quantitative estimate of drug-likeness (QED) is 0.700. The van der Waals surface area contributed by atoms with Crippen LogP contribution in [0.15, 0.2) is 0 Å². The van der Waals surface area contributed by atoms with Crippen LogP contribution in [0.4, 0.5) is 0 Å².